The third-order valence-corrected chi connectivity index (χ3v) is 2.94. The highest BCUT2D eigenvalue weighted by atomic mass is 16.3. The van der Waals surface area contributed by atoms with Crippen molar-refractivity contribution in [3.05, 3.63) is 0 Å². The molecule has 4 heteroatoms. The van der Waals surface area contributed by atoms with Gasteiger partial charge in [0.25, 0.3) is 0 Å². The maximum atomic E-state index is 11.6. The molecule has 1 fully saturated rings. The molecule has 0 aromatic heterocycles. The van der Waals surface area contributed by atoms with Crippen LogP contribution < -0.4 is 10.6 Å². The van der Waals surface area contributed by atoms with Crippen molar-refractivity contribution in [2.24, 2.45) is 11.8 Å². The molecular formula is C11H22N2O2. The highest BCUT2D eigenvalue weighted by Gasteiger charge is 2.21. The molecule has 1 aliphatic rings. The Morgan fingerprint density at radius 2 is 2.33 bits per heavy atom. The summed E-state index contributed by atoms with van der Waals surface area (Å²) in [4.78, 5) is 11.6. The smallest absolute Gasteiger partial charge is 0.224 e. The first-order chi connectivity index (χ1) is 7.11. The Morgan fingerprint density at radius 3 is 2.87 bits per heavy atom. The average Bonchev–Trinajstić information content (AvgIpc) is 2.70. The van der Waals surface area contributed by atoms with E-state index in [1.54, 1.807) is 0 Å². The summed E-state index contributed by atoms with van der Waals surface area (Å²) >= 11 is 0. The van der Waals surface area contributed by atoms with Gasteiger partial charge in [-0.3, -0.25) is 4.79 Å². The van der Waals surface area contributed by atoms with Gasteiger partial charge >= 0.3 is 0 Å². The molecule has 0 aromatic rings. The Labute approximate surface area is 91.4 Å². The molecule has 0 radical (unpaired) electrons. The molecule has 0 bridgehead atoms. The number of amides is 1. The second-order valence-electron chi connectivity index (χ2n) is 4.58. The molecule has 88 valence electrons. The van der Waals surface area contributed by atoms with Gasteiger partial charge in [-0.2, -0.15) is 0 Å². The van der Waals surface area contributed by atoms with Crippen LogP contribution in [0.2, 0.25) is 0 Å². The monoisotopic (exact) mass is 214 g/mol. The van der Waals surface area contributed by atoms with Crippen molar-refractivity contribution in [2.45, 2.75) is 32.8 Å². The number of nitrogens with one attached hydrogen (secondary N) is 2. The molecule has 2 unspecified atom stereocenters. The van der Waals surface area contributed by atoms with E-state index in [1.165, 1.54) is 0 Å². The second-order valence-corrected chi connectivity index (χ2v) is 4.58. The van der Waals surface area contributed by atoms with E-state index in [0.717, 1.165) is 19.5 Å². The molecule has 2 atom stereocenters. The van der Waals surface area contributed by atoms with E-state index in [2.05, 4.69) is 10.6 Å². The number of carbonyl (C=O) groups is 1. The van der Waals surface area contributed by atoms with Crippen molar-refractivity contribution in [3.63, 3.8) is 0 Å². The van der Waals surface area contributed by atoms with Crippen LogP contribution in [0.15, 0.2) is 0 Å². The molecule has 1 heterocycles. The lowest BCUT2D eigenvalue weighted by Crippen LogP contribution is -2.34. The minimum Gasteiger partial charge on any atom is -0.393 e. The first-order valence-corrected chi connectivity index (χ1v) is 5.77. The van der Waals surface area contributed by atoms with E-state index in [4.69, 9.17) is 0 Å². The van der Waals surface area contributed by atoms with Crippen molar-refractivity contribution in [2.75, 3.05) is 19.6 Å². The van der Waals surface area contributed by atoms with Gasteiger partial charge in [0, 0.05) is 13.1 Å². The maximum absolute atomic E-state index is 11.6. The number of hydrogen-bond donors (Lipinski definition) is 3. The Morgan fingerprint density at radius 1 is 1.60 bits per heavy atom. The van der Waals surface area contributed by atoms with Gasteiger partial charge in [-0.15, -0.1) is 0 Å². The van der Waals surface area contributed by atoms with Crippen LogP contribution in [0, 0.1) is 11.8 Å². The van der Waals surface area contributed by atoms with Gasteiger partial charge in [-0.05, 0) is 25.3 Å². The summed E-state index contributed by atoms with van der Waals surface area (Å²) in [7, 11) is 0. The van der Waals surface area contributed by atoms with Crippen LogP contribution in [0.25, 0.3) is 0 Å². The summed E-state index contributed by atoms with van der Waals surface area (Å²) in [6.45, 7) is 6.26. The van der Waals surface area contributed by atoms with Crippen LogP contribution in [0.1, 0.15) is 26.7 Å². The van der Waals surface area contributed by atoms with E-state index in [1.807, 2.05) is 13.8 Å². The third kappa shape index (κ3) is 4.18. The van der Waals surface area contributed by atoms with Gasteiger partial charge in [0.1, 0.15) is 0 Å². The SMILES string of the molecule is CC(C)C(O)CCNC(=O)C1CCNC1. The van der Waals surface area contributed by atoms with Gasteiger partial charge in [-0.1, -0.05) is 13.8 Å². The van der Waals surface area contributed by atoms with E-state index >= 15 is 0 Å². The molecule has 0 aromatic carbocycles. The molecule has 1 amide bonds. The van der Waals surface area contributed by atoms with Crippen LogP contribution in [-0.4, -0.2) is 36.8 Å². The highest BCUT2D eigenvalue weighted by molar-refractivity contribution is 5.79. The van der Waals surface area contributed by atoms with Crippen LogP contribution >= 0.6 is 0 Å². The highest BCUT2D eigenvalue weighted by Crippen LogP contribution is 2.08. The molecule has 3 N–H and O–H groups in total. The zero-order chi connectivity index (χ0) is 11.3. The molecule has 1 saturated heterocycles. The summed E-state index contributed by atoms with van der Waals surface area (Å²) < 4.78 is 0. The lowest BCUT2D eigenvalue weighted by atomic mass is 10.0. The number of carbonyl (C=O) groups excluding carboxylic acids is 1. The number of aliphatic hydroxyl groups excluding tert-OH is 1. The Kier molecular flexibility index (Phi) is 5.05. The molecular weight excluding hydrogens is 192 g/mol. The summed E-state index contributed by atoms with van der Waals surface area (Å²) in [5.74, 6) is 0.507. The zero-order valence-electron chi connectivity index (χ0n) is 9.62. The van der Waals surface area contributed by atoms with Gasteiger partial charge in [0.2, 0.25) is 5.91 Å². The van der Waals surface area contributed by atoms with E-state index in [0.29, 0.717) is 13.0 Å². The third-order valence-electron chi connectivity index (χ3n) is 2.94. The summed E-state index contributed by atoms with van der Waals surface area (Å²) in [5, 5.41) is 15.6. The number of hydrogen-bond acceptors (Lipinski definition) is 3. The topological polar surface area (TPSA) is 61.4 Å². The van der Waals surface area contributed by atoms with Gasteiger partial charge in [0.05, 0.1) is 12.0 Å². The summed E-state index contributed by atoms with van der Waals surface area (Å²) in [6, 6.07) is 0. The lowest BCUT2D eigenvalue weighted by molar-refractivity contribution is -0.124. The first-order valence-electron chi connectivity index (χ1n) is 5.77. The van der Waals surface area contributed by atoms with Gasteiger partial charge < -0.3 is 15.7 Å². The maximum Gasteiger partial charge on any atom is 0.224 e. The lowest BCUT2D eigenvalue weighted by Gasteiger charge is -2.15. The van der Waals surface area contributed by atoms with Gasteiger partial charge in [-0.25, -0.2) is 0 Å². The van der Waals surface area contributed by atoms with Crippen molar-refractivity contribution < 1.29 is 9.90 Å². The predicted octanol–water partition coefficient (Wildman–Crippen LogP) is 0.119. The fourth-order valence-corrected chi connectivity index (χ4v) is 1.70. The Bertz CT molecular complexity index is 201. The fraction of sp³-hybridized carbons (Fsp3) is 0.909. The standard InChI is InChI=1S/C11H22N2O2/c1-8(2)10(14)4-6-13-11(15)9-3-5-12-7-9/h8-10,12,14H,3-7H2,1-2H3,(H,13,15). The van der Waals surface area contributed by atoms with E-state index in [-0.39, 0.29) is 23.8 Å². The van der Waals surface area contributed by atoms with Crippen molar-refractivity contribution in [1.82, 2.24) is 10.6 Å². The van der Waals surface area contributed by atoms with Crippen molar-refractivity contribution in [3.8, 4) is 0 Å². The zero-order valence-corrected chi connectivity index (χ0v) is 9.62. The van der Waals surface area contributed by atoms with Crippen LogP contribution in [-0.2, 0) is 4.79 Å². The number of rotatable bonds is 5. The van der Waals surface area contributed by atoms with Crippen molar-refractivity contribution >= 4 is 5.91 Å². The molecule has 15 heavy (non-hydrogen) atoms. The largest absolute Gasteiger partial charge is 0.393 e. The molecule has 1 aliphatic heterocycles. The quantitative estimate of drug-likeness (QED) is 0.609. The average molecular weight is 214 g/mol. The molecule has 1 rings (SSSR count). The van der Waals surface area contributed by atoms with Gasteiger partial charge in [0.15, 0.2) is 0 Å². The molecule has 0 aliphatic carbocycles. The number of aliphatic hydroxyl groups is 1. The summed E-state index contributed by atoms with van der Waals surface area (Å²) in [6.07, 6.45) is 1.26. The molecule has 0 saturated carbocycles. The fourth-order valence-electron chi connectivity index (χ4n) is 1.70. The first kappa shape index (κ1) is 12.5. The van der Waals surface area contributed by atoms with Crippen molar-refractivity contribution in [1.29, 1.82) is 0 Å². The second kappa shape index (κ2) is 6.08. The Balaban J connectivity index is 2.11. The van der Waals surface area contributed by atoms with E-state index in [9.17, 15) is 9.90 Å². The summed E-state index contributed by atoms with van der Waals surface area (Å²) in [5.41, 5.74) is 0. The Hall–Kier alpha value is -0.610. The van der Waals surface area contributed by atoms with E-state index < -0.39 is 0 Å². The molecule has 4 nitrogen and oxygen atoms in total. The minimum absolute atomic E-state index is 0.121. The van der Waals surface area contributed by atoms with Crippen LogP contribution in [0.3, 0.4) is 0 Å². The molecule has 0 spiro atoms. The minimum atomic E-state index is -0.313. The van der Waals surface area contributed by atoms with Crippen LogP contribution in [0.4, 0.5) is 0 Å². The normalized spacial score (nSPS) is 23.1. The van der Waals surface area contributed by atoms with Crippen LogP contribution in [0.5, 0.6) is 0 Å². The predicted molar refractivity (Wildman–Crippen MR) is 59.4 cm³/mol.